The topological polar surface area (TPSA) is 221 Å². The Morgan fingerprint density at radius 3 is 1.89 bits per heavy atom. The number of nitrogens with zero attached hydrogens (tertiary/aromatic N) is 3. The Morgan fingerprint density at radius 1 is 0.712 bits per heavy atom. The number of pyridine rings is 1. The largest absolute Gasteiger partial charge is 0.484 e. The molecule has 0 spiro atoms. The van der Waals surface area contributed by atoms with Gasteiger partial charge in [0.2, 0.25) is 5.16 Å². The van der Waals surface area contributed by atoms with Crippen LogP contribution in [0.1, 0.15) is 32.7 Å². The highest BCUT2D eigenvalue weighted by atomic mass is 32.2. The van der Waals surface area contributed by atoms with Gasteiger partial charge in [0.15, 0.2) is 32.9 Å². The number of hydrogen-bond acceptors (Lipinski definition) is 15. The van der Waals surface area contributed by atoms with Crippen LogP contribution in [0.4, 0.5) is 13.2 Å². The Morgan fingerprint density at radius 2 is 1.29 bits per heavy atom. The number of ether oxygens (including phenoxy) is 4. The molecular formula is C43H40F3N3O13S4. The zero-order valence-electron chi connectivity index (χ0n) is 35.2. The van der Waals surface area contributed by atoms with Gasteiger partial charge < -0.3 is 18.9 Å². The van der Waals surface area contributed by atoms with Crippen molar-refractivity contribution in [3.63, 3.8) is 0 Å². The summed E-state index contributed by atoms with van der Waals surface area (Å²) in [5.74, 6) is -4.69. The summed E-state index contributed by atoms with van der Waals surface area (Å²) in [6.07, 6.45) is -3.51. The van der Waals surface area contributed by atoms with Crippen LogP contribution in [0, 0.1) is 20.8 Å². The highest BCUT2D eigenvalue weighted by molar-refractivity contribution is 7.92. The Kier molecular flexibility index (Phi) is 15.0. The molecule has 0 bridgehead atoms. The molecule has 0 fully saturated rings. The lowest BCUT2D eigenvalue weighted by atomic mass is 10.2. The van der Waals surface area contributed by atoms with Crippen molar-refractivity contribution in [1.82, 2.24) is 13.9 Å². The van der Waals surface area contributed by atoms with Crippen LogP contribution in [0.15, 0.2) is 123 Å². The molecule has 0 N–H and O–H groups in total. The van der Waals surface area contributed by atoms with E-state index in [4.69, 9.17) is 18.9 Å². The van der Waals surface area contributed by atoms with Gasteiger partial charge >= 0.3 is 18.1 Å². The number of sulfone groups is 2. The average molecular weight is 992 g/mol. The summed E-state index contributed by atoms with van der Waals surface area (Å²) in [6, 6.07) is 21.8. The minimum absolute atomic E-state index is 0.0163. The van der Waals surface area contributed by atoms with Gasteiger partial charge in [-0.25, -0.2) is 43.8 Å². The average Bonchev–Trinajstić information content (AvgIpc) is 3.67. The summed E-state index contributed by atoms with van der Waals surface area (Å²) in [5, 5.41) is -0.517. The highest BCUT2D eigenvalue weighted by Crippen LogP contribution is 2.31. The Bertz CT molecular complexity index is 3140. The maximum atomic E-state index is 14.6. The standard InChI is InChI=1S/C43H40F3N3O13S4/c1-28-8-12-31(13-9-28)64(53,54)22-20-59-40(50)25-61-39-17-16-33(24-34(39)41(51)60-21-23-65(55,56)32-14-10-29(2)11-15-32)66(57,58)49-37-7-5-4-6-35(37)48-42(49)63(52)26-36-30(3)38(18-19-47-36)62-27-43(44,45)46/h4-19,24H,20-23,25-27H2,1-3H3. The molecule has 0 saturated heterocycles. The van der Waals surface area contributed by atoms with Crippen molar-refractivity contribution >= 4 is 63.5 Å². The molecule has 4 aromatic carbocycles. The Hall–Kier alpha value is -6.17. The maximum Gasteiger partial charge on any atom is 0.422 e. The van der Waals surface area contributed by atoms with Crippen molar-refractivity contribution in [2.75, 3.05) is 37.9 Å². The van der Waals surface area contributed by atoms with E-state index < -0.39 is 124 Å². The number of hydrogen-bond donors (Lipinski definition) is 0. The first-order valence-electron chi connectivity index (χ1n) is 19.5. The van der Waals surface area contributed by atoms with Crippen molar-refractivity contribution in [1.29, 1.82) is 0 Å². The molecule has 0 saturated carbocycles. The zero-order chi connectivity index (χ0) is 48.0. The molecule has 66 heavy (non-hydrogen) atoms. The lowest BCUT2D eigenvalue weighted by Gasteiger charge is -2.15. The number of halogens is 3. The molecule has 23 heteroatoms. The van der Waals surface area contributed by atoms with Gasteiger partial charge in [0, 0.05) is 11.8 Å². The summed E-state index contributed by atoms with van der Waals surface area (Å²) in [6.45, 7) is 1.18. The van der Waals surface area contributed by atoms with Crippen molar-refractivity contribution in [2.45, 2.75) is 52.5 Å². The van der Waals surface area contributed by atoms with E-state index >= 15 is 0 Å². The number of carbonyl (C=O) groups excluding carboxylic acids is 2. The van der Waals surface area contributed by atoms with Crippen LogP contribution in [0.5, 0.6) is 11.5 Å². The van der Waals surface area contributed by atoms with Crippen LogP contribution in [0.3, 0.4) is 0 Å². The molecule has 350 valence electrons. The molecule has 0 aliphatic heterocycles. The number of para-hydroxylation sites is 2. The lowest BCUT2D eigenvalue weighted by Crippen LogP contribution is -2.22. The van der Waals surface area contributed by atoms with Crippen LogP contribution in [0.25, 0.3) is 11.0 Å². The third-order valence-electron chi connectivity index (χ3n) is 9.63. The molecule has 0 aliphatic carbocycles. The van der Waals surface area contributed by atoms with Crippen LogP contribution < -0.4 is 9.47 Å². The van der Waals surface area contributed by atoms with Gasteiger partial charge in [-0.3, -0.25) is 9.19 Å². The zero-order valence-corrected chi connectivity index (χ0v) is 38.4. The predicted octanol–water partition coefficient (Wildman–Crippen LogP) is 5.87. The van der Waals surface area contributed by atoms with E-state index in [0.717, 1.165) is 35.5 Å². The second kappa shape index (κ2) is 20.1. The second-order valence-electron chi connectivity index (χ2n) is 14.5. The van der Waals surface area contributed by atoms with Crippen LogP contribution in [0.2, 0.25) is 0 Å². The smallest absolute Gasteiger partial charge is 0.422 e. The number of benzene rings is 4. The van der Waals surface area contributed by atoms with Crippen LogP contribution >= 0.6 is 0 Å². The number of alkyl halides is 3. The van der Waals surface area contributed by atoms with Crippen LogP contribution in [-0.4, -0.2) is 99.5 Å². The first kappa shape index (κ1) is 49.3. The van der Waals surface area contributed by atoms with Gasteiger partial charge in [0.25, 0.3) is 10.0 Å². The summed E-state index contributed by atoms with van der Waals surface area (Å²) in [4.78, 5) is 34.2. The van der Waals surface area contributed by atoms with Crippen molar-refractivity contribution < 1.29 is 71.2 Å². The molecule has 1 atom stereocenters. The van der Waals surface area contributed by atoms with Gasteiger partial charge in [0.1, 0.15) is 30.3 Å². The number of esters is 2. The third-order valence-corrected chi connectivity index (χ3v) is 16.0. The fraction of sp³-hybridized carbons (Fsp3) is 0.256. The maximum absolute atomic E-state index is 14.6. The monoisotopic (exact) mass is 991 g/mol. The molecule has 0 amide bonds. The van der Waals surface area contributed by atoms with E-state index in [0.29, 0.717) is 3.97 Å². The first-order valence-corrected chi connectivity index (χ1v) is 25.6. The Balaban J connectivity index is 1.28. The minimum Gasteiger partial charge on any atom is -0.484 e. The molecule has 0 radical (unpaired) electrons. The fourth-order valence-corrected chi connectivity index (χ4v) is 11.4. The number of aromatic nitrogens is 3. The van der Waals surface area contributed by atoms with Crippen molar-refractivity contribution in [3.8, 4) is 11.5 Å². The molecule has 6 aromatic rings. The number of aryl methyl sites for hydroxylation is 2. The quantitative estimate of drug-likeness (QED) is 0.0867. The summed E-state index contributed by atoms with van der Waals surface area (Å²) in [5.41, 5.74) is 1.20. The summed E-state index contributed by atoms with van der Waals surface area (Å²) in [7, 11) is -15.0. The minimum atomic E-state index is -4.89. The molecule has 2 aromatic heterocycles. The Labute approximate surface area is 380 Å². The molecular weight excluding hydrogens is 952 g/mol. The highest BCUT2D eigenvalue weighted by Gasteiger charge is 2.32. The van der Waals surface area contributed by atoms with Crippen molar-refractivity contribution in [2.24, 2.45) is 0 Å². The van der Waals surface area contributed by atoms with Gasteiger partial charge in [-0.2, -0.15) is 13.2 Å². The normalized spacial score (nSPS) is 12.7. The van der Waals surface area contributed by atoms with Crippen LogP contribution in [-0.2, 0) is 60.5 Å². The molecule has 2 heterocycles. The number of imidazole rings is 1. The predicted molar refractivity (Wildman–Crippen MR) is 233 cm³/mol. The lowest BCUT2D eigenvalue weighted by molar-refractivity contribution is -0.153. The summed E-state index contributed by atoms with van der Waals surface area (Å²) < 4.78 is 155. The van der Waals surface area contributed by atoms with Gasteiger partial charge in [-0.1, -0.05) is 47.5 Å². The SMILES string of the molecule is Cc1ccc(S(=O)(=O)CCOC(=O)COc2ccc(S(=O)(=O)n3c(S(=O)Cc4nccc(OCC(F)(F)F)c4C)nc4ccccc43)cc2C(=O)OCCS(=O)(=O)c2ccc(C)cc2)cc1. The third kappa shape index (κ3) is 12.0. The number of rotatable bonds is 19. The number of fused-ring (bicyclic) bond motifs is 1. The molecule has 6 rings (SSSR count). The van der Waals surface area contributed by atoms with Gasteiger partial charge in [-0.05, 0) is 81.4 Å². The summed E-state index contributed by atoms with van der Waals surface area (Å²) >= 11 is 0. The molecule has 16 nitrogen and oxygen atoms in total. The van der Waals surface area contributed by atoms with E-state index in [1.807, 2.05) is 0 Å². The van der Waals surface area contributed by atoms with Gasteiger partial charge in [-0.15, -0.1) is 0 Å². The van der Waals surface area contributed by atoms with E-state index in [-0.39, 0.29) is 37.8 Å². The van der Waals surface area contributed by atoms with Gasteiger partial charge in [0.05, 0.1) is 59.5 Å². The van der Waals surface area contributed by atoms with E-state index in [9.17, 15) is 52.2 Å². The fourth-order valence-electron chi connectivity index (χ4n) is 6.12. The number of carbonyl (C=O) groups is 2. The van der Waals surface area contributed by atoms with E-state index in [1.165, 1.54) is 55.5 Å². The molecule has 1 unspecified atom stereocenters. The van der Waals surface area contributed by atoms with E-state index in [2.05, 4.69) is 9.97 Å². The van der Waals surface area contributed by atoms with Crippen molar-refractivity contribution in [3.05, 3.63) is 131 Å². The first-order chi connectivity index (χ1) is 31.1. The second-order valence-corrected chi connectivity index (χ2v) is 21.8. The van der Waals surface area contributed by atoms with E-state index in [1.54, 1.807) is 44.2 Å². The molecule has 0 aliphatic rings.